The van der Waals surface area contributed by atoms with Gasteiger partial charge in [-0.2, -0.15) is 0 Å². The molecular formula is C18H26O5. The van der Waals surface area contributed by atoms with Gasteiger partial charge in [-0.15, -0.1) is 0 Å². The molecule has 5 nitrogen and oxygen atoms in total. The second-order valence-corrected chi connectivity index (χ2v) is 6.38. The van der Waals surface area contributed by atoms with Crippen molar-refractivity contribution in [3.63, 3.8) is 0 Å². The second kappa shape index (κ2) is 7.79. The van der Waals surface area contributed by atoms with Crippen LogP contribution in [0.15, 0.2) is 18.2 Å². The largest absolute Gasteiger partial charge is 0.496 e. The van der Waals surface area contributed by atoms with Gasteiger partial charge < -0.3 is 19.3 Å². The number of hydrogen-bond acceptors (Lipinski definition) is 4. The van der Waals surface area contributed by atoms with Crippen LogP contribution in [0.3, 0.4) is 0 Å². The molecule has 1 aliphatic heterocycles. The first-order valence-corrected chi connectivity index (χ1v) is 8.09. The third-order valence-electron chi connectivity index (χ3n) is 4.02. The van der Waals surface area contributed by atoms with Gasteiger partial charge in [-0.3, -0.25) is 4.79 Å². The van der Waals surface area contributed by atoms with Crippen LogP contribution in [0, 0.1) is 0 Å². The van der Waals surface area contributed by atoms with Crippen molar-refractivity contribution in [3.8, 4) is 5.75 Å². The number of carboxylic acids is 1. The number of carbonyl (C=O) groups is 1. The Morgan fingerprint density at radius 3 is 2.78 bits per heavy atom. The number of aliphatic carboxylic acids is 1. The number of ether oxygens (including phenoxy) is 3. The summed E-state index contributed by atoms with van der Waals surface area (Å²) in [6.07, 6.45) is 3.67. The van der Waals surface area contributed by atoms with Crippen molar-refractivity contribution in [2.24, 2.45) is 0 Å². The van der Waals surface area contributed by atoms with Crippen molar-refractivity contribution < 1.29 is 24.1 Å². The predicted molar refractivity (Wildman–Crippen MR) is 86.8 cm³/mol. The first-order valence-electron chi connectivity index (χ1n) is 8.09. The van der Waals surface area contributed by atoms with Gasteiger partial charge in [-0.05, 0) is 56.7 Å². The van der Waals surface area contributed by atoms with E-state index in [9.17, 15) is 4.79 Å². The average Bonchev–Trinajstić information content (AvgIpc) is 2.85. The van der Waals surface area contributed by atoms with Gasteiger partial charge in [0, 0.05) is 6.42 Å². The number of methoxy groups -OCH3 is 1. The highest BCUT2D eigenvalue weighted by Crippen LogP contribution is 2.27. The molecule has 128 valence electrons. The highest BCUT2D eigenvalue weighted by atomic mass is 16.7. The Morgan fingerprint density at radius 1 is 1.39 bits per heavy atom. The Kier molecular flexibility index (Phi) is 6.02. The molecule has 1 unspecified atom stereocenters. The van der Waals surface area contributed by atoms with Crippen LogP contribution in [0.25, 0.3) is 0 Å². The van der Waals surface area contributed by atoms with E-state index in [-0.39, 0.29) is 12.5 Å². The van der Waals surface area contributed by atoms with Crippen LogP contribution in [-0.4, -0.2) is 36.7 Å². The molecule has 23 heavy (non-hydrogen) atoms. The number of benzene rings is 1. The Hall–Kier alpha value is -1.59. The van der Waals surface area contributed by atoms with E-state index < -0.39 is 11.8 Å². The van der Waals surface area contributed by atoms with Gasteiger partial charge in [0.05, 0.1) is 19.8 Å². The molecule has 1 aromatic carbocycles. The fraction of sp³-hybridized carbons (Fsp3) is 0.611. The maximum absolute atomic E-state index is 10.7. The van der Waals surface area contributed by atoms with Crippen LogP contribution in [0.5, 0.6) is 5.75 Å². The zero-order valence-electron chi connectivity index (χ0n) is 14.1. The van der Waals surface area contributed by atoms with Crippen molar-refractivity contribution in [1.29, 1.82) is 0 Å². The highest BCUT2D eigenvalue weighted by molar-refractivity contribution is 5.67. The second-order valence-electron chi connectivity index (χ2n) is 6.38. The first kappa shape index (κ1) is 17.8. The SMILES string of the molecule is COc1cc(CCC(=O)O)ccc1CCCC1COC(C)(C)O1. The average molecular weight is 322 g/mol. The van der Waals surface area contributed by atoms with E-state index in [1.807, 2.05) is 32.0 Å². The third kappa shape index (κ3) is 5.52. The van der Waals surface area contributed by atoms with E-state index in [1.54, 1.807) is 7.11 Å². The molecule has 2 rings (SSSR count). The van der Waals surface area contributed by atoms with Crippen molar-refractivity contribution in [2.45, 2.75) is 57.8 Å². The van der Waals surface area contributed by atoms with E-state index in [4.69, 9.17) is 19.3 Å². The van der Waals surface area contributed by atoms with Crippen LogP contribution in [0.4, 0.5) is 0 Å². The number of hydrogen-bond donors (Lipinski definition) is 1. The Labute approximate surface area is 137 Å². The lowest BCUT2D eigenvalue weighted by Gasteiger charge is -2.17. The summed E-state index contributed by atoms with van der Waals surface area (Å²) in [5.74, 6) is -0.416. The minimum absolute atomic E-state index is 0.136. The van der Waals surface area contributed by atoms with Gasteiger partial charge in [0.25, 0.3) is 0 Å². The van der Waals surface area contributed by atoms with Crippen molar-refractivity contribution >= 4 is 5.97 Å². The van der Waals surface area contributed by atoms with Gasteiger partial charge in [-0.25, -0.2) is 0 Å². The van der Waals surface area contributed by atoms with Gasteiger partial charge >= 0.3 is 5.97 Å². The molecule has 0 amide bonds. The molecule has 1 N–H and O–H groups in total. The molecule has 1 aliphatic rings. The maximum atomic E-state index is 10.7. The molecule has 5 heteroatoms. The summed E-state index contributed by atoms with van der Waals surface area (Å²) >= 11 is 0. The molecule has 0 aromatic heterocycles. The smallest absolute Gasteiger partial charge is 0.303 e. The third-order valence-corrected chi connectivity index (χ3v) is 4.02. The summed E-state index contributed by atoms with van der Waals surface area (Å²) in [5, 5.41) is 8.76. The molecule has 1 saturated heterocycles. The zero-order chi connectivity index (χ0) is 16.9. The summed E-state index contributed by atoms with van der Waals surface area (Å²) in [6.45, 7) is 4.52. The lowest BCUT2D eigenvalue weighted by molar-refractivity contribution is -0.139. The molecule has 1 atom stereocenters. The van der Waals surface area contributed by atoms with E-state index in [0.29, 0.717) is 13.0 Å². The lowest BCUT2D eigenvalue weighted by atomic mass is 10.0. The predicted octanol–water partition coefficient (Wildman–Crippen LogP) is 3.19. The van der Waals surface area contributed by atoms with Gasteiger partial charge in [0.1, 0.15) is 5.75 Å². The fourth-order valence-corrected chi connectivity index (χ4v) is 2.83. The number of rotatable bonds is 8. The lowest BCUT2D eigenvalue weighted by Crippen LogP contribution is -2.21. The maximum Gasteiger partial charge on any atom is 0.303 e. The highest BCUT2D eigenvalue weighted by Gasteiger charge is 2.32. The molecular weight excluding hydrogens is 296 g/mol. The normalized spacial score (nSPS) is 19.7. The minimum atomic E-state index is -0.783. The summed E-state index contributed by atoms with van der Waals surface area (Å²) in [5.41, 5.74) is 2.13. The molecule has 1 heterocycles. The van der Waals surface area contributed by atoms with Crippen LogP contribution in [0.1, 0.15) is 44.2 Å². The van der Waals surface area contributed by atoms with Crippen molar-refractivity contribution in [3.05, 3.63) is 29.3 Å². The van der Waals surface area contributed by atoms with Gasteiger partial charge in [0.15, 0.2) is 5.79 Å². The molecule has 1 fully saturated rings. The van der Waals surface area contributed by atoms with E-state index in [1.165, 1.54) is 0 Å². The Bertz CT molecular complexity index is 538. The standard InChI is InChI=1S/C18H26O5/c1-18(2)22-12-15(23-18)6-4-5-14-9-7-13(8-10-17(19)20)11-16(14)21-3/h7,9,11,15H,4-6,8,10,12H2,1-3H3,(H,19,20). The number of carboxylic acid groups (broad SMARTS) is 1. The minimum Gasteiger partial charge on any atom is -0.496 e. The molecule has 1 aromatic rings. The zero-order valence-corrected chi connectivity index (χ0v) is 14.1. The quantitative estimate of drug-likeness (QED) is 0.796. The topological polar surface area (TPSA) is 65.0 Å². The summed E-state index contributed by atoms with van der Waals surface area (Å²) in [6, 6.07) is 5.96. The van der Waals surface area contributed by atoms with E-state index >= 15 is 0 Å². The van der Waals surface area contributed by atoms with Gasteiger partial charge in [-0.1, -0.05) is 12.1 Å². The Balaban J connectivity index is 1.86. The van der Waals surface area contributed by atoms with Crippen LogP contribution < -0.4 is 4.74 Å². The van der Waals surface area contributed by atoms with Crippen molar-refractivity contribution in [1.82, 2.24) is 0 Å². The molecule has 0 saturated carbocycles. The monoisotopic (exact) mass is 322 g/mol. The number of aryl methyl sites for hydroxylation is 2. The van der Waals surface area contributed by atoms with Crippen LogP contribution in [0.2, 0.25) is 0 Å². The Morgan fingerprint density at radius 2 is 2.17 bits per heavy atom. The first-order chi connectivity index (χ1) is 10.9. The molecule has 0 bridgehead atoms. The van der Waals surface area contributed by atoms with Gasteiger partial charge in [0.2, 0.25) is 0 Å². The van der Waals surface area contributed by atoms with E-state index in [2.05, 4.69) is 0 Å². The fourth-order valence-electron chi connectivity index (χ4n) is 2.83. The molecule has 0 aliphatic carbocycles. The molecule has 0 radical (unpaired) electrons. The van der Waals surface area contributed by atoms with E-state index in [0.717, 1.165) is 36.1 Å². The van der Waals surface area contributed by atoms with Crippen LogP contribution >= 0.6 is 0 Å². The van der Waals surface area contributed by atoms with Crippen LogP contribution in [-0.2, 0) is 27.1 Å². The summed E-state index contributed by atoms with van der Waals surface area (Å²) in [4.78, 5) is 10.7. The van der Waals surface area contributed by atoms with Crippen molar-refractivity contribution in [2.75, 3.05) is 13.7 Å². The molecule has 0 spiro atoms. The summed E-state index contributed by atoms with van der Waals surface area (Å²) < 4.78 is 16.8. The summed E-state index contributed by atoms with van der Waals surface area (Å²) in [7, 11) is 1.65.